The lowest BCUT2D eigenvalue weighted by Gasteiger charge is -2.08. The molecule has 5 heteroatoms. The molecule has 1 unspecified atom stereocenters. The van der Waals surface area contributed by atoms with Crippen LogP contribution >= 0.6 is 11.3 Å². The van der Waals surface area contributed by atoms with Crippen molar-refractivity contribution in [2.45, 2.75) is 32.8 Å². The number of carbonyl (C=O) groups excluding carboxylic acids is 1. The number of aromatic nitrogens is 1. The highest BCUT2D eigenvalue weighted by molar-refractivity contribution is 7.17. The Hall–Kier alpha value is -0.940. The Morgan fingerprint density at radius 2 is 2.50 bits per heavy atom. The fourth-order valence-corrected chi connectivity index (χ4v) is 2.67. The summed E-state index contributed by atoms with van der Waals surface area (Å²) in [4.78, 5) is 16.3. The van der Waals surface area contributed by atoms with Crippen LogP contribution in [0.5, 0.6) is 0 Å². The zero-order chi connectivity index (χ0) is 11.5. The van der Waals surface area contributed by atoms with Crippen LogP contribution in [0.1, 0.15) is 35.1 Å². The normalized spacial score (nSPS) is 20.0. The van der Waals surface area contributed by atoms with Crippen LogP contribution < -0.4 is 5.32 Å². The van der Waals surface area contributed by atoms with Gasteiger partial charge in [-0.05, 0) is 19.8 Å². The lowest BCUT2D eigenvalue weighted by molar-refractivity contribution is 0.102. The van der Waals surface area contributed by atoms with Gasteiger partial charge in [-0.3, -0.25) is 4.79 Å². The Labute approximate surface area is 99.0 Å². The van der Waals surface area contributed by atoms with Crippen LogP contribution in [0.3, 0.4) is 0 Å². The molecule has 2 heterocycles. The van der Waals surface area contributed by atoms with Gasteiger partial charge in [0.15, 0.2) is 10.9 Å². The second-order valence-electron chi connectivity index (χ2n) is 4.01. The van der Waals surface area contributed by atoms with Gasteiger partial charge in [0.25, 0.3) is 0 Å². The van der Waals surface area contributed by atoms with E-state index in [9.17, 15) is 4.79 Å². The van der Waals surface area contributed by atoms with Crippen LogP contribution in [-0.4, -0.2) is 30.0 Å². The summed E-state index contributed by atoms with van der Waals surface area (Å²) in [5.74, 6) is 0.0835. The molecule has 88 valence electrons. The van der Waals surface area contributed by atoms with Crippen LogP contribution in [0.15, 0.2) is 0 Å². The minimum Gasteiger partial charge on any atom is -0.376 e. The number of hydrogen-bond donors (Lipinski definition) is 1. The average Bonchev–Trinajstić information content (AvgIpc) is 2.83. The predicted octanol–water partition coefficient (Wildman–Crippen LogP) is 2.25. The Kier molecular flexibility index (Phi) is 3.56. The minimum absolute atomic E-state index is 0.0835. The zero-order valence-corrected chi connectivity index (χ0v) is 10.4. The number of hydrogen-bond acceptors (Lipinski definition) is 5. The summed E-state index contributed by atoms with van der Waals surface area (Å²) >= 11 is 1.42. The van der Waals surface area contributed by atoms with Gasteiger partial charge >= 0.3 is 0 Å². The summed E-state index contributed by atoms with van der Waals surface area (Å²) in [6, 6.07) is 0. The van der Waals surface area contributed by atoms with Crippen LogP contribution in [0.25, 0.3) is 0 Å². The third-order valence-electron chi connectivity index (χ3n) is 2.62. The van der Waals surface area contributed by atoms with Gasteiger partial charge in [-0.25, -0.2) is 4.98 Å². The maximum atomic E-state index is 11.3. The first-order chi connectivity index (χ1) is 7.66. The molecule has 0 bridgehead atoms. The van der Waals surface area contributed by atoms with Gasteiger partial charge in [-0.2, -0.15) is 0 Å². The maximum absolute atomic E-state index is 11.3. The molecule has 0 amide bonds. The number of anilines is 1. The highest BCUT2D eigenvalue weighted by Gasteiger charge is 2.16. The third-order valence-corrected chi connectivity index (χ3v) is 3.84. The van der Waals surface area contributed by atoms with E-state index in [2.05, 4.69) is 10.3 Å². The monoisotopic (exact) mass is 240 g/mol. The van der Waals surface area contributed by atoms with E-state index < -0.39 is 0 Å². The second kappa shape index (κ2) is 4.93. The number of carbonyl (C=O) groups is 1. The zero-order valence-electron chi connectivity index (χ0n) is 9.58. The van der Waals surface area contributed by atoms with E-state index in [-0.39, 0.29) is 5.78 Å². The molecule has 0 radical (unpaired) electrons. The average molecular weight is 240 g/mol. The highest BCUT2D eigenvalue weighted by atomic mass is 32.1. The van der Waals surface area contributed by atoms with Gasteiger partial charge in [0, 0.05) is 20.1 Å². The van der Waals surface area contributed by atoms with Crippen LogP contribution in [0.4, 0.5) is 5.13 Å². The molecule has 1 atom stereocenters. The lowest BCUT2D eigenvalue weighted by Crippen LogP contribution is -2.18. The molecule has 1 saturated heterocycles. The molecule has 1 N–H and O–H groups in total. The van der Waals surface area contributed by atoms with Crippen molar-refractivity contribution in [3.63, 3.8) is 0 Å². The summed E-state index contributed by atoms with van der Waals surface area (Å²) < 4.78 is 5.51. The SMILES string of the molecule is CC(=O)c1sc(NCC2CCCO2)nc1C. The van der Waals surface area contributed by atoms with E-state index in [1.807, 2.05) is 6.92 Å². The molecule has 1 aliphatic rings. The number of nitrogens with one attached hydrogen (secondary N) is 1. The molecule has 16 heavy (non-hydrogen) atoms. The molecule has 1 aliphatic heterocycles. The van der Waals surface area contributed by atoms with Crippen LogP contribution in [0, 0.1) is 6.92 Å². The van der Waals surface area contributed by atoms with Crippen molar-refractivity contribution in [2.24, 2.45) is 0 Å². The molecular formula is C11H16N2O2S. The van der Waals surface area contributed by atoms with E-state index in [1.54, 1.807) is 6.92 Å². The van der Waals surface area contributed by atoms with Gasteiger partial charge in [0.1, 0.15) is 0 Å². The summed E-state index contributed by atoms with van der Waals surface area (Å²) in [6.45, 7) is 5.08. The molecule has 0 aliphatic carbocycles. The summed E-state index contributed by atoms with van der Waals surface area (Å²) in [6.07, 6.45) is 2.55. The fourth-order valence-electron chi connectivity index (χ4n) is 1.81. The van der Waals surface area contributed by atoms with E-state index >= 15 is 0 Å². The largest absolute Gasteiger partial charge is 0.376 e. The summed E-state index contributed by atoms with van der Waals surface area (Å²) in [5, 5.41) is 4.05. The Morgan fingerprint density at radius 1 is 1.69 bits per heavy atom. The van der Waals surface area contributed by atoms with Crippen molar-refractivity contribution in [3.8, 4) is 0 Å². The first kappa shape index (κ1) is 11.5. The van der Waals surface area contributed by atoms with Crippen molar-refractivity contribution >= 4 is 22.3 Å². The van der Waals surface area contributed by atoms with E-state index in [4.69, 9.17) is 4.74 Å². The minimum atomic E-state index is 0.0835. The van der Waals surface area contributed by atoms with Crippen molar-refractivity contribution in [3.05, 3.63) is 10.6 Å². The molecule has 0 spiro atoms. The first-order valence-electron chi connectivity index (χ1n) is 5.50. The molecule has 2 rings (SSSR count). The maximum Gasteiger partial charge on any atom is 0.183 e. The number of thiazole rings is 1. The number of ketones is 1. The third kappa shape index (κ3) is 2.59. The first-order valence-corrected chi connectivity index (χ1v) is 6.32. The van der Waals surface area contributed by atoms with E-state index in [0.717, 1.165) is 41.7 Å². The topological polar surface area (TPSA) is 51.2 Å². The van der Waals surface area contributed by atoms with Crippen molar-refractivity contribution in [2.75, 3.05) is 18.5 Å². The smallest absolute Gasteiger partial charge is 0.183 e. The van der Waals surface area contributed by atoms with Gasteiger partial charge < -0.3 is 10.1 Å². The fraction of sp³-hybridized carbons (Fsp3) is 0.636. The van der Waals surface area contributed by atoms with Crippen LogP contribution in [0.2, 0.25) is 0 Å². The van der Waals surface area contributed by atoms with Gasteiger partial charge in [-0.1, -0.05) is 11.3 Å². The molecule has 4 nitrogen and oxygen atoms in total. The standard InChI is InChI=1S/C11H16N2O2S/c1-7-10(8(2)14)16-11(13-7)12-6-9-4-3-5-15-9/h9H,3-6H2,1-2H3,(H,12,13). The molecule has 1 aromatic rings. The van der Waals surface area contributed by atoms with Crippen molar-refractivity contribution in [1.82, 2.24) is 4.98 Å². The molecule has 0 saturated carbocycles. The highest BCUT2D eigenvalue weighted by Crippen LogP contribution is 2.23. The Balaban J connectivity index is 1.94. The van der Waals surface area contributed by atoms with E-state index in [1.165, 1.54) is 11.3 Å². The molecule has 0 aromatic carbocycles. The van der Waals surface area contributed by atoms with Crippen molar-refractivity contribution < 1.29 is 9.53 Å². The molecule has 1 fully saturated rings. The number of ether oxygens (including phenoxy) is 1. The summed E-state index contributed by atoms with van der Waals surface area (Å²) in [5.41, 5.74) is 0.812. The molecule has 1 aromatic heterocycles. The van der Waals surface area contributed by atoms with Gasteiger partial charge in [0.2, 0.25) is 0 Å². The lowest BCUT2D eigenvalue weighted by atomic mass is 10.2. The summed E-state index contributed by atoms with van der Waals surface area (Å²) in [7, 11) is 0. The quantitative estimate of drug-likeness (QED) is 0.820. The molecular weight excluding hydrogens is 224 g/mol. The second-order valence-corrected chi connectivity index (χ2v) is 5.00. The van der Waals surface area contributed by atoms with Gasteiger partial charge in [0.05, 0.1) is 16.7 Å². The Bertz CT molecular complexity index is 383. The predicted molar refractivity (Wildman–Crippen MR) is 64.3 cm³/mol. The van der Waals surface area contributed by atoms with E-state index in [0.29, 0.717) is 6.10 Å². The number of rotatable bonds is 4. The van der Waals surface area contributed by atoms with Crippen molar-refractivity contribution in [1.29, 1.82) is 0 Å². The van der Waals surface area contributed by atoms with Gasteiger partial charge in [-0.15, -0.1) is 0 Å². The number of aryl methyl sites for hydroxylation is 1. The number of nitrogens with zero attached hydrogens (tertiary/aromatic N) is 1. The van der Waals surface area contributed by atoms with Crippen LogP contribution in [-0.2, 0) is 4.74 Å². The Morgan fingerprint density at radius 3 is 3.06 bits per heavy atom. The number of Topliss-reactive ketones (excluding diaryl/α,β-unsaturated/α-hetero) is 1.